The molecule has 4 nitrogen and oxygen atoms in total. The van der Waals surface area contributed by atoms with Crippen LogP contribution in [0, 0.1) is 13.8 Å². The fraction of sp³-hybridized carbons (Fsp3) is 0.278. The molecule has 0 aliphatic carbocycles. The van der Waals surface area contributed by atoms with Gasteiger partial charge in [0, 0.05) is 5.75 Å². The van der Waals surface area contributed by atoms with Crippen molar-refractivity contribution in [2.45, 2.75) is 13.8 Å². The van der Waals surface area contributed by atoms with E-state index in [1.165, 1.54) is 22.9 Å². The lowest BCUT2D eigenvalue weighted by Gasteiger charge is -2.07. The average Bonchev–Trinajstić information content (AvgIpc) is 2.55. The van der Waals surface area contributed by atoms with Crippen LogP contribution < -0.4 is 15.2 Å². The summed E-state index contributed by atoms with van der Waals surface area (Å²) in [7, 11) is 1.64. The maximum absolute atomic E-state index is 5.95. The second-order valence-electron chi connectivity index (χ2n) is 5.09. The number of benzene rings is 2. The maximum atomic E-state index is 5.95. The second kappa shape index (κ2) is 8.48. The molecule has 2 N–H and O–H groups in total. The van der Waals surface area contributed by atoms with Gasteiger partial charge in [-0.3, -0.25) is 0 Å². The Kier molecular flexibility index (Phi) is 6.35. The Morgan fingerprint density at radius 1 is 1.04 bits per heavy atom. The van der Waals surface area contributed by atoms with E-state index in [-0.39, 0.29) is 0 Å². The molecule has 0 saturated carbocycles. The molecular weight excluding hydrogens is 308 g/mol. The minimum atomic E-state index is 0.548. The van der Waals surface area contributed by atoms with E-state index in [1.54, 1.807) is 7.11 Å². The van der Waals surface area contributed by atoms with E-state index in [4.69, 9.17) is 15.2 Å². The lowest BCUT2D eigenvalue weighted by Crippen LogP contribution is -2.10. The zero-order chi connectivity index (χ0) is 16.7. The Morgan fingerprint density at radius 3 is 2.39 bits per heavy atom. The minimum Gasteiger partial charge on any atom is -0.497 e. The predicted molar refractivity (Wildman–Crippen MR) is 98.1 cm³/mol. The van der Waals surface area contributed by atoms with Crippen molar-refractivity contribution in [3.8, 4) is 11.5 Å². The number of amidine groups is 1. The van der Waals surface area contributed by atoms with Crippen molar-refractivity contribution in [1.29, 1.82) is 0 Å². The first kappa shape index (κ1) is 17.2. The molecule has 0 atom stereocenters. The molecule has 0 bridgehead atoms. The number of ether oxygens (including phenoxy) is 2. The summed E-state index contributed by atoms with van der Waals surface area (Å²) in [5, 5.41) is 0.548. The molecule has 2 aromatic carbocycles. The van der Waals surface area contributed by atoms with Crippen molar-refractivity contribution >= 4 is 22.6 Å². The number of aliphatic imine (C=N–C) groups is 1. The molecule has 0 spiro atoms. The van der Waals surface area contributed by atoms with Gasteiger partial charge in [0.25, 0.3) is 0 Å². The summed E-state index contributed by atoms with van der Waals surface area (Å²) in [6.45, 7) is 4.72. The van der Waals surface area contributed by atoms with Crippen LogP contribution in [-0.2, 0) is 0 Å². The summed E-state index contributed by atoms with van der Waals surface area (Å²) >= 11 is 1.49. The smallest absolute Gasteiger partial charge is 0.159 e. The lowest BCUT2D eigenvalue weighted by atomic mass is 10.1. The summed E-state index contributed by atoms with van der Waals surface area (Å²) in [6.07, 6.45) is 0. The number of methoxy groups -OCH3 is 1. The van der Waals surface area contributed by atoms with Gasteiger partial charge in [0.05, 0.1) is 19.4 Å². The standard InChI is InChI=1S/C18H22N2O2S/c1-13-4-5-15(12-14(13)2)20-18(19)23-11-10-22-17-8-6-16(21-3)7-9-17/h4-9,12H,10-11H2,1-3H3,(H2,19,20). The third kappa shape index (κ3) is 5.53. The number of hydrogen-bond acceptors (Lipinski definition) is 4. The highest BCUT2D eigenvalue weighted by molar-refractivity contribution is 8.13. The third-order valence-corrected chi connectivity index (χ3v) is 4.15. The summed E-state index contributed by atoms with van der Waals surface area (Å²) in [5.74, 6) is 2.37. The molecule has 0 unspecified atom stereocenters. The quantitative estimate of drug-likeness (QED) is 0.493. The SMILES string of the molecule is COc1ccc(OCCSC(N)=Nc2ccc(C)c(C)c2)cc1. The number of rotatable bonds is 6. The predicted octanol–water partition coefficient (Wildman–Crippen LogP) is 4.07. The van der Waals surface area contributed by atoms with E-state index in [0.29, 0.717) is 11.8 Å². The molecule has 5 heteroatoms. The molecule has 0 saturated heterocycles. The highest BCUT2D eigenvalue weighted by atomic mass is 32.2. The molecule has 122 valence electrons. The Balaban J connectivity index is 1.78. The molecule has 0 amide bonds. The number of nitrogens with two attached hydrogens (primary N) is 1. The zero-order valence-electron chi connectivity index (χ0n) is 13.7. The molecule has 0 fully saturated rings. The van der Waals surface area contributed by atoms with Gasteiger partial charge in [-0.1, -0.05) is 17.8 Å². The van der Waals surface area contributed by atoms with Gasteiger partial charge in [-0.2, -0.15) is 0 Å². The molecule has 2 rings (SSSR count). The van der Waals surface area contributed by atoms with E-state index in [2.05, 4.69) is 24.9 Å². The monoisotopic (exact) mass is 330 g/mol. The van der Waals surface area contributed by atoms with Crippen LogP contribution in [-0.4, -0.2) is 24.6 Å². The van der Waals surface area contributed by atoms with Crippen LogP contribution in [0.25, 0.3) is 0 Å². The summed E-state index contributed by atoms with van der Waals surface area (Å²) in [6, 6.07) is 13.6. The van der Waals surface area contributed by atoms with Gasteiger partial charge < -0.3 is 15.2 Å². The molecule has 0 aliphatic heterocycles. The van der Waals surface area contributed by atoms with Crippen LogP contribution >= 0.6 is 11.8 Å². The molecule has 0 radical (unpaired) electrons. The Morgan fingerprint density at radius 2 is 1.74 bits per heavy atom. The second-order valence-corrected chi connectivity index (χ2v) is 6.21. The van der Waals surface area contributed by atoms with Crippen molar-refractivity contribution in [2.24, 2.45) is 10.7 Å². The molecule has 0 heterocycles. The van der Waals surface area contributed by atoms with E-state index in [1.807, 2.05) is 36.4 Å². The van der Waals surface area contributed by atoms with Crippen molar-refractivity contribution in [2.75, 3.05) is 19.5 Å². The summed E-state index contributed by atoms with van der Waals surface area (Å²) in [5.41, 5.74) is 9.30. The lowest BCUT2D eigenvalue weighted by molar-refractivity contribution is 0.343. The fourth-order valence-corrected chi connectivity index (χ4v) is 2.48. The van der Waals surface area contributed by atoms with Gasteiger partial charge in [0.2, 0.25) is 0 Å². The first-order chi connectivity index (χ1) is 11.1. The molecule has 2 aromatic rings. The first-order valence-corrected chi connectivity index (χ1v) is 8.38. The average molecular weight is 330 g/mol. The van der Waals surface area contributed by atoms with Crippen LogP contribution in [0.1, 0.15) is 11.1 Å². The van der Waals surface area contributed by atoms with E-state index < -0.39 is 0 Å². The van der Waals surface area contributed by atoms with Crippen LogP contribution in [0.2, 0.25) is 0 Å². The van der Waals surface area contributed by atoms with Gasteiger partial charge in [0.15, 0.2) is 5.17 Å². The van der Waals surface area contributed by atoms with E-state index in [0.717, 1.165) is 22.9 Å². The topological polar surface area (TPSA) is 56.8 Å². The summed E-state index contributed by atoms with van der Waals surface area (Å²) in [4.78, 5) is 4.41. The van der Waals surface area contributed by atoms with Gasteiger partial charge in [-0.15, -0.1) is 0 Å². The maximum Gasteiger partial charge on any atom is 0.159 e. The first-order valence-electron chi connectivity index (χ1n) is 7.39. The van der Waals surface area contributed by atoms with Crippen molar-refractivity contribution in [1.82, 2.24) is 0 Å². The van der Waals surface area contributed by atoms with Gasteiger partial charge >= 0.3 is 0 Å². The molecular formula is C18H22N2O2S. The number of aryl methyl sites for hydroxylation is 2. The van der Waals surface area contributed by atoms with Crippen LogP contribution in [0.5, 0.6) is 11.5 Å². The minimum absolute atomic E-state index is 0.548. The third-order valence-electron chi connectivity index (χ3n) is 3.39. The largest absolute Gasteiger partial charge is 0.497 e. The van der Waals surface area contributed by atoms with Crippen molar-refractivity contribution in [3.63, 3.8) is 0 Å². The van der Waals surface area contributed by atoms with Crippen LogP contribution in [0.3, 0.4) is 0 Å². The van der Waals surface area contributed by atoms with Crippen LogP contribution in [0.4, 0.5) is 5.69 Å². The highest BCUT2D eigenvalue weighted by Gasteiger charge is 1.99. The Labute approximate surface area is 141 Å². The number of thioether (sulfide) groups is 1. The van der Waals surface area contributed by atoms with Crippen molar-refractivity contribution in [3.05, 3.63) is 53.6 Å². The van der Waals surface area contributed by atoms with Crippen molar-refractivity contribution < 1.29 is 9.47 Å². The van der Waals surface area contributed by atoms with Crippen LogP contribution in [0.15, 0.2) is 47.5 Å². The number of nitrogens with zero attached hydrogens (tertiary/aromatic N) is 1. The normalized spacial score (nSPS) is 11.3. The summed E-state index contributed by atoms with van der Waals surface area (Å²) < 4.78 is 10.8. The Hall–Kier alpha value is -2.14. The molecule has 23 heavy (non-hydrogen) atoms. The molecule has 0 aromatic heterocycles. The van der Waals surface area contributed by atoms with Gasteiger partial charge in [-0.25, -0.2) is 4.99 Å². The zero-order valence-corrected chi connectivity index (χ0v) is 14.5. The fourth-order valence-electron chi connectivity index (χ4n) is 1.93. The Bertz CT molecular complexity index is 669. The van der Waals surface area contributed by atoms with Gasteiger partial charge in [0.1, 0.15) is 11.5 Å². The number of hydrogen-bond donors (Lipinski definition) is 1. The molecule has 0 aliphatic rings. The van der Waals surface area contributed by atoms with E-state index >= 15 is 0 Å². The van der Waals surface area contributed by atoms with E-state index in [9.17, 15) is 0 Å². The highest BCUT2D eigenvalue weighted by Crippen LogP contribution is 2.19. The van der Waals surface area contributed by atoms with Gasteiger partial charge in [-0.05, 0) is 61.4 Å².